The second-order valence-corrected chi connectivity index (χ2v) is 8.43. The Bertz CT molecular complexity index is 491. The minimum Gasteiger partial charge on any atom is -0.593 e. The molecule has 1 aliphatic heterocycles. The zero-order valence-electron chi connectivity index (χ0n) is 12.9. The van der Waals surface area contributed by atoms with E-state index in [0.29, 0.717) is 18.5 Å². The lowest BCUT2D eigenvalue weighted by atomic mass is 9.73. The van der Waals surface area contributed by atoms with Crippen molar-refractivity contribution in [2.45, 2.75) is 24.1 Å². The fraction of sp³-hybridized carbons (Fsp3) is 0.571. The van der Waals surface area contributed by atoms with Crippen molar-refractivity contribution in [1.82, 2.24) is 4.31 Å². The second kappa shape index (κ2) is 7.02. The van der Waals surface area contributed by atoms with E-state index in [1.54, 1.807) is 18.4 Å². The lowest BCUT2D eigenvalue weighted by Crippen LogP contribution is -2.48. The first-order valence-electron chi connectivity index (χ1n) is 6.85. The lowest BCUT2D eigenvalue weighted by Gasteiger charge is -2.33. The van der Waals surface area contributed by atoms with Gasteiger partial charge in [0.25, 0.3) is 0 Å². The molecule has 21 heavy (non-hydrogen) atoms. The number of rotatable bonds is 4. The Morgan fingerprint density at radius 3 is 2.48 bits per heavy atom. The highest BCUT2D eigenvalue weighted by atomic mass is 79.9. The first-order chi connectivity index (χ1) is 9.84. The van der Waals surface area contributed by atoms with Crippen LogP contribution in [0.15, 0.2) is 23.1 Å². The van der Waals surface area contributed by atoms with Crippen molar-refractivity contribution in [3.8, 4) is 0 Å². The van der Waals surface area contributed by atoms with Crippen LogP contribution in [-0.4, -0.2) is 43.3 Å². The van der Waals surface area contributed by atoms with Gasteiger partial charge >= 0.3 is 7.12 Å². The average Bonchev–Trinajstić information content (AvgIpc) is 2.46. The van der Waals surface area contributed by atoms with Crippen LogP contribution in [0.5, 0.6) is 0 Å². The molecule has 1 fully saturated rings. The van der Waals surface area contributed by atoms with Gasteiger partial charge in [0.05, 0.1) is 11.4 Å². The maximum absolute atomic E-state index is 12.1. The highest BCUT2D eigenvalue weighted by molar-refractivity contribution is 9.08. The first-order valence-corrected chi connectivity index (χ1v) is 9.08. The molecule has 0 bridgehead atoms. The number of alkyl halides is 1. The molecule has 0 radical (unpaired) electrons. The molecule has 1 heterocycles. The molecule has 2 rings (SSSR count). The molecule has 1 aromatic rings. The normalized spacial score (nSPS) is 19.9. The van der Waals surface area contributed by atoms with Gasteiger partial charge in [0, 0.05) is 38.1 Å². The van der Waals surface area contributed by atoms with Gasteiger partial charge in [-0.2, -0.15) is 0 Å². The highest BCUT2D eigenvalue weighted by Crippen LogP contribution is 2.23. The smallest absolute Gasteiger partial charge is 0.494 e. The number of hydrogen-bond donors (Lipinski definition) is 0. The molecule has 1 saturated heterocycles. The van der Waals surface area contributed by atoms with E-state index in [1.165, 1.54) is 0 Å². The van der Waals surface area contributed by atoms with Crippen molar-refractivity contribution >= 4 is 39.9 Å². The fourth-order valence-electron chi connectivity index (χ4n) is 2.12. The van der Waals surface area contributed by atoms with E-state index in [0.717, 1.165) is 15.9 Å². The Morgan fingerprint density at radius 2 is 1.95 bits per heavy atom. The predicted octanol–water partition coefficient (Wildman–Crippen LogP) is 1.93. The van der Waals surface area contributed by atoms with Gasteiger partial charge in [0.15, 0.2) is 4.90 Å². The topological polar surface area (TPSA) is 44.8 Å². The van der Waals surface area contributed by atoms with Crippen molar-refractivity contribution in [2.75, 3.05) is 27.3 Å². The number of benzene rings is 1. The number of halogens is 1. The molecule has 4 nitrogen and oxygen atoms in total. The summed E-state index contributed by atoms with van der Waals surface area (Å²) in [5.74, 6) is 0. The zero-order chi connectivity index (χ0) is 15.6. The highest BCUT2D eigenvalue weighted by Gasteiger charge is 2.35. The number of nitrogens with zero attached hydrogens (tertiary/aromatic N) is 1. The lowest BCUT2D eigenvalue weighted by molar-refractivity contribution is 0.0342. The maximum atomic E-state index is 12.1. The molecule has 1 atom stereocenters. The van der Waals surface area contributed by atoms with Crippen molar-refractivity contribution in [3.05, 3.63) is 23.8 Å². The van der Waals surface area contributed by atoms with Gasteiger partial charge in [0.2, 0.25) is 0 Å². The Hall–Kier alpha value is -0.0451. The molecule has 0 amide bonds. The molecule has 116 valence electrons. The quantitative estimate of drug-likeness (QED) is 0.459. The largest absolute Gasteiger partial charge is 0.593 e. The van der Waals surface area contributed by atoms with Gasteiger partial charge in [-0.15, -0.1) is 4.31 Å². The summed E-state index contributed by atoms with van der Waals surface area (Å²) in [6, 6.07) is 5.78. The van der Waals surface area contributed by atoms with Crippen LogP contribution in [-0.2, 0) is 26.0 Å². The van der Waals surface area contributed by atoms with Gasteiger partial charge in [-0.05, 0) is 23.2 Å². The maximum Gasteiger partial charge on any atom is 0.494 e. The summed E-state index contributed by atoms with van der Waals surface area (Å²) in [6.45, 7) is 5.59. The van der Waals surface area contributed by atoms with E-state index >= 15 is 0 Å². The Balaban J connectivity index is 2.21. The SMILES string of the molecule is CN(C)[S+]([O-])c1ccc(B2OCC(C)(C)CO2)c(CBr)c1. The van der Waals surface area contributed by atoms with Gasteiger partial charge in [-0.25, -0.2) is 0 Å². The summed E-state index contributed by atoms with van der Waals surface area (Å²) in [5.41, 5.74) is 2.10. The van der Waals surface area contributed by atoms with Gasteiger partial charge in [-0.1, -0.05) is 35.8 Å². The molecule has 0 N–H and O–H groups in total. The Labute approximate surface area is 138 Å². The van der Waals surface area contributed by atoms with Crippen molar-refractivity contribution in [3.63, 3.8) is 0 Å². The van der Waals surface area contributed by atoms with Crippen molar-refractivity contribution in [2.24, 2.45) is 5.41 Å². The van der Waals surface area contributed by atoms with E-state index in [2.05, 4.69) is 29.8 Å². The minimum absolute atomic E-state index is 0.0530. The minimum atomic E-state index is -1.14. The van der Waals surface area contributed by atoms with E-state index < -0.39 is 11.4 Å². The summed E-state index contributed by atoms with van der Waals surface area (Å²) in [7, 11) is 3.26. The standard InChI is InChI=1S/C14H21BBrNO3S/c1-14(2)9-19-15(20-10-14)13-6-5-12(7-11(13)8-16)21(18)17(3)4/h5-7H,8-10H2,1-4H3. The monoisotopic (exact) mass is 373 g/mol. The van der Waals surface area contributed by atoms with Gasteiger partial charge in [-0.3, -0.25) is 0 Å². The zero-order valence-corrected chi connectivity index (χ0v) is 15.3. The fourth-order valence-corrected chi connectivity index (χ4v) is 3.45. The van der Waals surface area contributed by atoms with Gasteiger partial charge < -0.3 is 13.9 Å². The summed E-state index contributed by atoms with van der Waals surface area (Å²) in [5, 5.41) is 0.674. The van der Waals surface area contributed by atoms with E-state index in [1.807, 2.05) is 18.2 Å². The molecule has 0 spiro atoms. The molecule has 1 aliphatic rings. The Morgan fingerprint density at radius 1 is 1.33 bits per heavy atom. The van der Waals surface area contributed by atoms with Crippen LogP contribution in [0.4, 0.5) is 0 Å². The summed E-state index contributed by atoms with van der Waals surface area (Å²) >= 11 is 2.35. The van der Waals surface area contributed by atoms with Crippen molar-refractivity contribution < 1.29 is 13.9 Å². The number of hydrogen-bond acceptors (Lipinski definition) is 4. The van der Waals surface area contributed by atoms with E-state index in [4.69, 9.17) is 9.31 Å². The van der Waals surface area contributed by atoms with Gasteiger partial charge in [0.1, 0.15) is 0 Å². The molecule has 0 saturated carbocycles. The van der Waals surface area contributed by atoms with Crippen LogP contribution in [0.1, 0.15) is 19.4 Å². The van der Waals surface area contributed by atoms with E-state index in [9.17, 15) is 4.55 Å². The first kappa shape index (κ1) is 17.3. The average molecular weight is 374 g/mol. The van der Waals surface area contributed by atoms with Crippen molar-refractivity contribution in [1.29, 1.82) is 0 Å². The molecule has 0 aliphatic carbocycles. The third-order valence-corrected chi connectivity index (χ3v) is 5.22. The molecule has 1 aromatic carbocycles. The van der Waals surface area contributed by atoms with Crippen LogP contribution in [0.2, 0.25) is 0 Å². The third-order valence-electron chi connectivity index (χ3n) is 3.30. The van der Waals surface area contributed by atoms with Crippen LogP contribution in [0.3, 0.4) is 0 Å². The van der Waals surface area contributed by atoms with Crippen LogP contribution < -0.4 is 5.46 Å². The molecular weight excluding hydrogens is 353 g/mol. The molecule has 0 aromatic heterocycles. The summed E-state index contributed by atoms with van der Waals surface area (Å²) in [6.07, 6.45) is 0. The Kier molecular flexibility index (Phi) is 5.79. The predicted molar refractivity (Wildman–Crippen MR) is 90.2 cm³/mol. The van der Waals surface area contributed by atoms with E-state index in [-0.39, 0.29) is 12.5 Å². The van der Waals surface area contributed by atoms with Crippen LogP contribution in [0, 0.1) is 5.41 Å². The molecule has 1 unspecified atom stereocenters. The third kappa shape index (κ3) is 4.24. The summed E-state index contributed by atoms with van der Waals surface area (Å²) < 4.78 is 25.5. The van der Waals surface area contributed by atoms with Crippen LogP contribution >= 0.6 is 15.9 Å². The van der Waals surface area contributed by atoms with Crippen LogP contribution in [0.25, 0.3) is 0 Å². The molecule has 7 heteroatoms. The summed E-state index contributed by atoms with van der Waals surface area (Å²) in [4.78, 5) is 0.786. The molecular formula is C14H21BBrNO3S. The second-order valence-electron chi connectivity index (χ2n) is 6.17.